The summed E-state index contributed by atoms with van der Waals surface area (Å²) in [4.78, 5) is 0. The Morgan fingerprint density at radius 1 is 1.00 bits per heavy atom. The van der Waals surface area contributed by atoms with E-state index in [1.807, 2.05) is 0 Å². The normalized spacial score (nSPS) is 12.6. The number of hydrogen-bond acceptors (Lipinski definition) is 2. The van der Waals surface area contributed by atoms with Gasteiger partial charge in [0.15, 0.2) is 0 Å². The fourth-order valence-electron chi connectivity index (χ4n) is 2.14. The fourth-order valence-corrected chi connectivity index (χ4v) is 2.14. The minimum atomic E-state index is -0.134. The fraction of sp³-hybridized carbons (Fsp3) is 0.625. The second kappa shape index (κ2) is 9.12. The topological polar surface area (TPSA) is 46.2 Å². The van der Waals surface area contributed by atoms with Crippen LogP contribution in [0.2, 0.25) is 0 Å². The Balaban J connectivity index is 2.27. The van der Waals surface area contributed by atoms with Gasteiger partial charge in [0.25, 0.3) is 0 Å². The van der Waals surface area contributed by atoms with Gasteiger partial charge in [0.1, 0.15) is 0 Å². The van der Waals surface area contributed by atoms with Gasteiger partial charge in [-0.15, -0.1) is 0 Å². The van der Waals surface area contributed by atoms with Gasteiger partial charge in [-0.05, 0) is 30.4 Å². The molecule has 0 heterocycles. The molecule has 0 bridgehead atoms. The predicted molar refractivity (Wildman–Crippen MR) is 77.7 cm³/mol. The van der Waals surface area contributed by atoms with Crippen molar-refractivity contribution in [2.24, 2.45) is 5.73 Å². The van der Waals surface area contributed by atoms with E-state index in [1.165, 1.54) is 49.7 Å². The summed E-state index contributed by atoms with van der Waals surface area (Å²) in [6.45, 7) is 2.30. The number of unbranched alkanes of at least 4 members (excludes halogenated alkanes) is 4. The van der Waals surface area contributed by atoms with Crippen molar-refractivity contribution < 1.29 is 5.11 Å². The standard InChI is InChI=1S/C16H27NO/c1-2-3-4-5-6-7-14-8-10-15(11-9-14)12-16(17)13-18/h8-11,16,18H,2-7,12-13,17H2,1H3. The number of hydrogen-bond donors (Lipinski definition) is 2. The van der Waals surface area contributed by atoms with Crippen molar-refractivity contribution in [3.8, 4) is 0 Å². The third-order valence-electron chi connectivity index (χ3n) is 3.32. The number of nitrogens with two attached hydrogens (primary N) is 1. The summed E-state index contributed by atoms with van der Waals surface area (Å²) >= 11 is 0. The van der Waals surface area contributed by atoms with Crippen molar-refractivity contribution in [3.63, 3.8) is 0 Å². The first-order valence-electron chi connectivity index (χ1n) is 7.20. The van der Waals surface area contributed by atoms with Gasteiger partial charge in [-0.25, -0.2) is 0 Å². The minimum Gasteiger partial charge on any atom is -0.395 e. The molecule has 1 aromatic rings. The lowest BCUT2D eigenvalue weighted by Crippen LogP contribution is -2.26. The zero-order chi connectivity index (χ0) is 13.2. The summed E-state index contributed by atoms with van der Waals surface area (Å²) in [5.74, 6) is 0. The largest absolute Gasteiger partial charge is 0.395 e. The molecule has 0 aromatic heterocycles. The van der Waals surface area contributed by atoms with Crippen molar-refractivity contribution >= 4 is 0 Å². The molecule has 102 valence electrons. The molecule has 0 aliphatic rings. The van der Waals surface area contributed by atoms with Crippen molar-refractivity contribution in [1.29, 1.82) is 0 Å². The Hall–Kier alpha value is -0.860. The number of aliphatic hydroxyl groups excluding tert-OH is 1. The molecule has 2 heteroatoms. The zero-order valence-corrected chi connectivity index (χ0v) is 11.6. The molecule has 2 nitrogen and oxygen atoms in total. The van der Waals surface area contributed by atoms with Crippen molar-refractivity contribution in [3.05, 3.63) is 35.4 Å². The van der Waals surface area contributed by atoms with Crippen molar-refractivity contribution in [1.82, 2.24) is 0 Å². The maximum absolute atomic E-state index is 8.91. The third-order valence-corrected chi connectivity index (χ3v) is 3.32. The SMILES string of the molecule is CCCCCCCc1ccc(CC(N)CO)cc1. The lowest BCUT2D eigenvalue weighted by molar-refractivity contribution is 0.265. The summed E-state index contributed by atoms with van der Waals surface area (Å²) in [5.41, 5.74) is 8.34. The average Bonchev–Trinajstić information content (AvgIpc) is 2.40. The molecular weight excluding hydrogens is 222 g/mol. The van der Waals surface area contributed by atoms with Crippen LogP contribution in [0.5, 0.6) is 0 Å². The molecule has 0 fully saturated rings. The van der Waals surface area contributed by atoms with Crippen LogP contribution in [-0.4, -0.2) is 17.8 Å². The number of aliphatic hydroxyl groups is 1. The van der Waals surface area contributed by atoms with Crippen LogP contribution >= 0.6 is 0 Å². The van der Waals surface area contributed by atoms with Gasteiger partial charge >= 0.3 is 0 Å². The van der Waals surface area contributed by atoms with Crippen LogP contribution in [0, 0.1) is 0 Å². The van der Waals surface area contributed by atoms with E-state index in [-0.39, 0.29) is 12.6 Å². The first-order chi connectivity index (χ1) is 8.76. The van der Waals surface area contributed by atoms with Gasteiger partial charge in [0.2, 0.25) is 0 Å². The maximum atomic E-state index is 8.91. The predicted octanol–water partition coefficient (Wildman–Crippen LogP) is 3.06. The average molecular weight is 249 g/mol. The Labute approximate surface area is 111 Å². The van der Waals surface area contributed by atoms with E-state index in [0.717, 1.165) is 6.42 Å². The van der Waals surface area contributed by atoms with Gasteiger partial charge in [-0.3, -0.25) is 0 Å². The molecule has 0 radical (unpaired) electrons. The van der Waals surface area contributed by atoms with Gasteiger partial charge in [-0.2, -0.15) is 0 Å². The van der Waals surface area contributed by atoms with Crippen molar-refractivity contribution in [2.75, 3.05) is 6.61 Å². The van der Waals surface area contributed by atoms with Crippen LogP contribution in [-0.2, 0) is 12.8 Å². The van der Waals surface area contributed by atoms with Gasteiger partial charge in [0.05, 0.1) is 6.61 Å². The van der Waals surface area contributed by atoms with E-state index in [1.54, 1.807) is 0 Å². The Bertz CT molecular complexity index is 307. The number of aryl methyl sites for hydroxylation is 1. The van der Waals surface area contributed by atoms with E-state index >= 15 is 0 Å². The monoisotopic (exact) mass is 249 g/mol. The van der Waals surface area contributed by atoms with Crippen LogP contribution in [0.1, 0.15) is 50.2 Å². The lowest BCUT2D eigenvalue weighted by atomic mass is 10.0. The molecule has 1 unspecified atom stereocenters. The number of benzene rings is 1. The molecule has 18 heavy (non-hydrogen) atoms. The highest BCUT2D eigenvalue weighted by Gasteiger charge is 2.02. The Morgan fingerprint density at radius 2 is 1.61 bits per heavy atom. The van der Waals surface area contributed by atoms with Gasteiger partial charge < -0.3 is 10.8 Å². The Morgan fingerprint density at radius 3 is 2.22 bits per heavy atom. The highest BCUT2D eigenvalue weighted by molar-refractivity contribution is 5.23. The van der Waals surface area contributed by atoms with E-state index in [9.17, 15) is 0 Å². The van der Waals surface area contributed by atoms with E-state index in [2.05, 4.69) is 31.2 Å². The summed E-state index contributed by atoms with van der Waals surface area (Å²) in [5, 5.41) is 8.91. The van der Waals surface area contributed by atoms with Crippen LogP contribution < -0.4 is 5.73 Å². The first kappa shape index (κ1) is 15.2. The van der Waals surface area contributed by atoms with Gasteiger partial charge in [-0.1, -0.05) is 56.9 Å². The van der Waals surface area contributed by atoms with Crippen molar-refractivity contribution in [2.45, 2.75) is 57.9 Å². The Kier molecular flexibility index (Phi) is 7.70. The van der Waals surface area contributed by atoms with E-state index in [4.69, 9.17) is 10.8 Å². The molecular formula is C16H27NO. The summed E-state index contributed by atoms with van der Waals surface area (Å²) < 4.78 is 0. The molecule has 1 rings (SSSR count). The molecule has 3 N–H and O–H groups in total. The zero-order valence-electron chi connectivity index (χ0n) is 11.6. The second-order valence-corrected chi connectivity index (χ2v) is 5.13. The van der Waals surface area contributed by atoms with Crippen LogP contribution in [0.4, 0.5) is 0 Å². The van der Waals surface area contributed by atoms with Crippen LogP contribution in [0.25, 0.3) is 0 Å². The van der Waals surface area contributed by atoms with E-state index < -0.39 is 0 Å². The molecule has 0 saturated heterocycles. The molecule has 1 aromatic carbocycles. The molecule has 0 amide bonds. The highest BCUT2D eigenvalue weighted by atomic mass is 16.3. The molecule has 0 spiro atoms. The summed E-state index contributed by atoms with van der Waals surface area (Å²) in [6, 6.07) is 8.52. The lowest BCUT2D eigenvalue weighted by Gasteiger charge is -2.08. The third kappa shape index (κ3) is 6.18. The molecule has 1 atom stereocenters. The summed E-state index contributed by atoms with van der Waals surface area (Å²) in [6.07, 6.45) is 8.58. The van der Waals surface area contributed by atoms with Crippen LogP contribution in [0.15, 0.2) is 24.3 Å². The number of rotatable bonds is 9. The maximum Gasteiger partial charge on any atom is 0.0585 e. The molecule has 0 aliphatic heterocycles. The second-order valence-electron chi connectivity index (χ2n) is 5.13. The van der Waals surface area contributed by atoms with E-state index in [0.29, 0.717) is 0 Å². The minimum absolute atomic E-state index is 0.0547. The van der Waals surface area contributed by atoms with Crippen LogP contribution in [0.3, 0.4) is 0 Å². The quantitative estimate of drug-likeness (QED) is 0.661. The molecule has 0 saturated carbocycles. The first-order valence-corrected chi connectivity index (χ1v) is 7.20. The molecule has 0 aliphatic carbocycles. The van der Waals surface area contributed by atoms with Gasteiger partial charge in [0, 0.05) is 6.04 Å². The summed E-state index contributed by atoms with van der Waals surface area (Å²) in [7, 11) is 0. The highest BCUT2D eigenvalue weighted by Crippen LogP contribution is 2.11. The smallest absolute Gasteiger partial charge is 0.0585 e.